The summed E-state index contributed by atoms with van der Waals surface area (Å²) in [6.45, 7) is 5.51. The number of fused-ring (bicyclic) bond motifs is 6. The molecule has 6 aromatic carbocycles. The fourth-order valence-electron chi connectivity index (χ4n) is 14.4. The first-order valence-corrected chi connectivity index (χ1v) is 36.2. The minimum Gasteiger partial charge on any atom is -0.497 e. The molecule has 1 saturated heterocycles. The summed E-state index contributed by atoms with van der Waals surface area (Å²) in [7, 11) is 4.66. The first-order chi connectivity index (χ1) is 51.6. The molecule has 107 heavy (non-hydrogen) atoms. The lowest BCUT2D eigenvalue weighted by Crippen LogP contribution is -2.55. The number of nitrogens with zero attached hydrogens (tertiary/aromatic N) is 4. The number of aliphatic hydroxyl groups excluding tert-OH is 1. The molecule has 3 fully saturated rings. The van der Waals surface area contributed by atoms with E-state index in [4.69, 9.17) is 28.4 Å². The van der Waals surface area contributed by atoms with Crippen LogP contribution in [0.4, 0.5) is 27.5 Å². The summed E-state index contributed by atoms with van der Waals surface area (Å²) in [5.41, 5.74) is 7.01. The van der Waals surface area contributed by atoms with Crippen LogP contribution in [0.5, 0.6) is 28.7 Å². The molecule has 7 N–H and O–H groups in total. The molecular weight excluding hydrogens is 1370 g/mol. The molecule has 0 radical (unpaired) electrons. The number of aliphatic hydroxyl groups is 1. The van der Waals surface area contributed by atoms with Crippen molar-refractivity contribution in [2.75, 3.05) is 81.2 Å². The van der Waals surface area contributed by atoms with Gasteiger partial charge in [-0.3, -0.25) is 38.4 Å². The zero-order valence-electron chi connectivity index (χ0n) is 60.7. The fourth-order valence-corrected chi connectivity index (χ4v) is 14.4. The van der Waals surface area contributed by atoms with Crippen LogP contribution in [0, 0.1) is 28.6 Å². The number of para-hydroxylation sites is 1. The van der Waals surface area contributed by atoms with Crippen LogP contribution in [0.1, 0.15) is 134 Å². The third-order valence-electron chi connectivity index (χ3n) is 21.1. The summed E-state index contributed by atoms with van der Waals surface area (Å²) in [6.07, 6.45) is 5.40. The molecule has 13 rings (SSSR count). The summed E-state index contributed by atoms with van der Waals surface area (Å²) >= 11 is 0. The molecule has 5 aliphatic heterocycles. The van der Waals surface area contributed by atoms with Crippen LogP contribution in [-0.2, 0) is 46.7 Å². The zero-order chi connectivity index (χ0) is 75.3. The van der Waals surface area contributed by atoms with Crippen molar-refractivity contribution >= 4 is 81.7 Å². The predicted octanol–water partition coefficient (Wildman–Crippen LogP) is 8.42. The van der Waals surface area contributed by atoms with Crippen LogP contribution in [0.15, 0.2) is 128 Å². The van der Waals surface area contributed by atoms with Crippen molar-refractivity contribution in [3.05, 3.63) is 166 Å². The quantitative estimate of drug-likeness (QED) is 0.0188. The molecule has 0 aromatic heterocycles. The highest BCUT2D eigenvalue weighted by atomic mass is 16.6. The van der Waals surface area contributed by atoms with Crippen molar-refractivity contribution in [2.45, 2.75) is 129 Å². The predicted molar refractivity (Wildman–Crippen MR) is 396 cm³/mol. The second-order valence-corrected chi connectivity index (χ2v) is 28.8. The van der Waals surface area contributed by atoms with Gasteiger partial charge in [0.2, 0.25) is 35.4 Å². The highest BCUT2D eigenvalue weighted by Crippen LogP contribution is 2.57. The molecule has 2 aliphatic carbocycles. The minimum atomic E-state index is -1.48. The van der Waals surface area contributed by atoms with E-state index in [1.807, 2.05) is 79.0 Å². The average Bonchev–Trinajstić information content (AvgIpc) is 1.57. The number of amides is 9. The van der Waals surface area contributed by atoms with E-state index in [0.717, 1.165) is 65.0 Å². The minimum absolute atomic E-state index is 0.0763. The van der Waals surface area contributed by atoms with Gasteiger partial charge in [0.15, 0.2) is 29.2 Å². The Balaban J connectivity index is 0.571. The molecule has 5 heterocycles. The number of anilines is 4. The first kappa shape index (κ1) is 73.7. The van der Waals surface area contributed by atoms with Gasteiger partial charge in [-0.25, -0.2) is 9.69 Å². The van der Waals surface area contributed by atoms with E-state index in [2.05, 4.69) is 43.7 Å². The highest BCUT2D eigenvalue weighted by Gasteiger charge is 2.58. The van der Waals surface area contributed by atoms with E-state index in [9.17, 15) is 48.3 Å². The standard InChI is InChI=1S/C81H88N10O16/c1-48(2)73(87-71(94)42-84-70(93)41-83-69(92)26-27-72(95)89-43-54-14-8-7-12-51(54)18-19-53-13-9-10-15-62(53)89)75(97)85-49(3)74(96)86-56-22-16-50(17-23-56)45-106-79(101)91-63-38-68(66(104-6)36-60(63)77(99)90-46-81(31-32-81)39-64(90)78(91)100)107-47-80(29-30-80)28-11-33-105-67-37-61-59(35-65(67)103-5)76(98)88-44-55(34-57(88)40-82-61)52-20-24-58(102-4)25-21-52/h7-10,12-17,20-25,35-38,44,48-49,57,64,73,78,82,100H,11,26-34,39-43,45-47H2,1-6H3,(H,83,92)(H,84,93)(H,85,97)(H,86,96)(H,87,94)/t49-,57-,64-,73-,78?/m0/s1. The maximum absolute atomic E-state index is 14.6. The molecule has 5 atom stereocenters. The van der Waals surface area contributed by atoms with Crippen molar-refractivity contribution in [1.82, 2.24) is 31.1 Å². The number of hydrogen-bond acceptors (Lipinski definition) is 17. The van der Waals surface area contributed by atoms with Gasteiger partial charge in [0.05, 0.1) is 94.5 Å². The zero-order valence-corrected chi connectivity index (χ0v) is 60.7. The van der Waals surface area contributed by atoms with Crippen LogP contribution >= 0.6 is 0 Å². The van der Waals surface area contributed by atoms with Gasteiger partial charge in [0.1, 0.15) is 24.4 Å². The molecule has 6 aromatic rings. The topological polar surface area (TPSA) is 314 Å². The molecule has 7 aliphatic rings. The van der Waals surface area contributed by atoms with Crippen molar-refractivity contribution in [3.63, 3.8) is 0 Å². The van der Waals surface area contributed by atoms with Crippen LogP contribution in [0.2, 0.25) is 0 Å². The third kappa shape index (κ3) is 16.6. The van der Waals surface area contributed by atoms with E-state index in [-0.39, 0.29) is 83.3 Å². The summed E-state index contributed by atoms with van der Waals surface area (Å²) in [4.78, 5) is 129. The molecule has 1 spiro atoms. The first-order valence-electron chi connectivity index (χ1n) is 36.2. The number of benzene rings is 6. The van der Waals surface area contributed by atoms with Gasteiger partial charge in [0.25, 0.3) is 11.8 Å². The Hall–Kier alpha value is -11.6. The molecule has 26 nitrogen and oxygen atoms in total. The highest BCUT2D eigenvalue weighted by molar-refractivity contribution is 6.07. The van der Waals surface area contributed by atoms with E-state index in [0.29, 0.717) is 90.8 Å². The monoisotopic (exact) mass is 1460 g/mol. The Kier molecular flexibility index (Phi) is 21.8. The second-order valence-electron chi connectivity index (χ2n) is 28.8. The van der Waals surface area contributed by atoms with Gasteiger partial charge >= 0.3 is 6.09 Å². The molecule has 9 amide bonds. The van der Waals surface area contributed by atoms with Crippen LogP contribution in [0.3, 0.4) is 0 Å². The number of nitrogens with one attached hydrogen (secondary N) is 6. The molecule has 0 bridgehead atoms. The normalized spacial score (nSPS) is 18.5. The SMILES string of the molecule is COc1ccc(C2=CN3C(=O)c4cc(OC)c(OCCCC5(COc6cc7c(cc6OC)C(=O)N6CC8(CC8)C[C@H]6C(O)N7C(=O)OCc6ccc(NC(=O)[C@H](C)NC(=O)[C@@H](NC(=O)CNC(=O)CNC(=O)CCC(=O)N7Cc8ccccc8C#Cc8ccccc87)C(C)C)cc6)CC5)cc4NC[C@@H]3C2)cc1. The Labute approximate surface area is 620 Å². The van der Waals surface area contributed by atoms with E-state index in [1.54, 1.807) is 91.3 Å². The number of hydrogen-bond donors (Lipinski definition) is 7. The Morgan fingerprint density at radius 1 is 0.692 bits per heavy atom. The molecule has 26 heteroatoms. The summed E-state index contributed by atoms with van der Waals surface area (Å²) in [6, 6.07) is 32.8. The lowest BCUT2D eigenvalue weighted by molar-refractivity contribution is -0.132. The summed E-state index contributed by atoms with van der Waals surface area (Å²) < 4.78 is 35.9. The number of carbonyl (C=O) groups is 9. The van der Waals surface area contributed by atoms with Gasteiger partial charge in [-0.1, -0.05) is 80.3 Å². The van der Waals surface area contributed by atoms with E-state index >= 15 is 0 Å². The van der Waals surface area contributed by atoms with Gasteiger partial charge < -0.3 is 80.1 Å². The number of carbonyl (C=O) groups excluding carboxylic acids is 9. The number of rotatable bonds is 27. The van der Waals surface area contributed by atoms with Crippen molar-refractivity contribution < 1.29 is 76.7 Å². The van der Waals surface area contributed by atoms with Crippen molar-refractivity contribution in [3.8, 4) is 40.6 Å². The van der Waals surface area contributed by atoms with Gasteiger partial charge in [-0.05, 0) is 146 Å². The smallest absolute Gasteiger partial charge is 0.416 e. The van der Waals surface area contributed by atoms with E-state index in [1.165, 1.54) is 14.0 Å². The van der Waals surface area contributed by atoms with Crippen LogP contribution in [-0.4, -0.2) is 159 Å². The fraction of sp³-hybridized carbons (Fsp3) is 0.395. The van der Waals surface area contributed by atoms with E-state index < -0.39 is 79.0 Å². The lowest BCUT2D eigenvalue weighted by atomic mass is 10.0. The molecule has 558 valence electrons. The van der Waals surface area contributed by atoms with Crippen LogP contribution < -0.4 is 65.4 Å². The summed E-state index contributed by atoms with van der Waals surface area (Å²) in [5.74, 6) is 4.19. The van der Waals surface area contributed by atoms with Crippen molar-refractivity contribution in [1.29, 1.82) is 0 Å². The Morgan fingerprint density at radius 3 is 2.10 bits per heavy atom. The Morgan fingerprint density at radius 2 is 1.38 bits per heavy atom. The number of methoxy groups -OCH3 is 3. The summed E-state index contributed by atoms with van der Waals surface area (Å²) in [5, 5.41) is 28.7. The second kappa shape index (κ2) is 31.6. The van der Waals surface area contributed by atoms with Crippen LogP contribution in [0.25, 0.3) is 5.57 Å². The van der Waals surface area contributed by atoms with Crippen molar-refractivity contribution in [2.24, 2.45) is 16.7 Å². The number of ether oxygens (including phenoxy) is 6. The Bertz CT molecular complexity index is 4560. The molecule has 2 saturated carbocycles. The van der Waals surface area contributed by atoms with Gasteiger partial charge in [0, 0.05) is 66.5 Å². The van der Waals surface area contributed by atoms with Gasteiger partial charge in [-0.2, -0.15) is 0 Å². The molecular formula is C81H88N10O16. The average molecular weight is 1460 g/mol. The maximum atomic E-state index is 14.6. The lowest BCUT2D eigenvalue weighted by Gasteiger charge is -2.31. The third-order valence-corrected chi connectivity index (χ3v) is 21.1. The molecule has 1 unspecified atom stereocenters. The largest absolute Gasteiger partial charge is 0.497 e. The van der Waals surface area contributed by atoms with Gasteiger partial charge in [-0.15, -0.1) is 0 Å². The maximum Gasteiger partial charge on any atom is 0.416 e.